The van der Waals surface area contributed by atoms with Crippen molar-refractivity contribution in [3.05, 3.63) is 18.0 Å². The Kier molecular flexibility index (Phi) is 4.10. The summed E-state index contributed by atoms with van der Waals surface area (Å²) in [5, 5.41) is 4.37. The standard InChI is InChI=1S/C15H27N3/c1-4-18-11-12(10-17-18)7-14-8-15(2,3)6-5-13(14)9-16/h10-11,13-14H,4-9,16H2,1-3H3. The van der Waals surface area contributed by atoms with Crippen molar-refractivity contribution < 1.29 is 0 Å². The third-order valence-electron chi connectivity index (χ3n) is 4.48. The minimum absolute atomic E-state index is 0.483. The molecule has 1 aliphatic rings. The number of nitrogens with zero attached hydrogens (tertiary/aromatic N) is 2. The number of aromatic nitrogens is 2. The summed E-state index contributed by atoms with van der Waals surface area (Å²) in [5.41, 5.74) is 7.80. The molecule has 3 heteroatoms. The van der Waals surface area contributed by atoms with E-state index in [0.29, 0.717) is 11.3 Å². The predicted molar refractivity (Wildman–Crippen MR) is 75.3 cm³/mol. The first-order valence-electron chi connectivity index (χ1n) is 7.25. The van der Waals surface area contributed by atoms with Gasteiger partial charge >= 0.3 is 0 Å². The molecule has 0 aromatic carbocycles. The SMILES string of the molecule is CCn1cc(CC2CC(C)(C)CCC2CN)cn1. The molecule has 3 nitrogen and oxygen atoms in total. The molecule has 1 heterocycles. The fraction of sp³-hybridized carbons (Fsp3) is 0.800. The van der Waals surface area contributed by atoms with Crippen LogP contribution < -0.4 is 5.73 Å². The van der Waals surface area contributed by atoms with Crippen molar-refractivity contribution in [2.45, 2.75) is 53.0 Å². The Bertz CT molecular complexity index is 381. The van der Waals surface area contributed by atoms with Crippen molar-refractivity contribution >= 4 is 0 Å². The highest BCUT2D eigenvalue weighted by Gasteiger charge is 2.34. The Balaban J connectivity index is 2.04. The first-order chi connectivity index (χ1) is 8.54. The number of rotatable bonds is 4. The molecule has 1 fully saturated rings. The van der Waals surface area contributed by atoms with Crippen LogP contribution in [0.5, 0.6) is 0 Å². The Hall–Kier alpha value is -0.830. The first-order valence-corrected chi connectivity index (χ1v) is 7.25. The Morgan fingerprint density at radius 1 is 1.44 bits per heavy atom. The molecule has 2 unspecified atom stereocenters. The summed E-state index contributed by atoms with van der Waals surface area (Å²) in [6.45, 7) is 8.70. The molecule has 0 aliphatic heterocycles. The second-order valence-electron chi connectivity index (χ2n) is 6.57. The van der Waals surface area contributed by atoms with Gasteiger partial charge in [-0.25, -0.2) is 0 Å². The maximum absolute atomic E-state index is 5.95. The van der Waals surface area contributed by atoms with E-state index in [1.165, 1.54) is 24.8 Å². The molecule has 2 atom stereocenters. The van der Waals surface area contributed by atoms with E-state index in [0.717, 1.165) is 25.4 Å². The number of hydrogen-bond donors (Lipinski definition) is 1. The van der Waals surface area contributed by atoms with E-state index in [-0.39, 0.29) is 0 Å². The summed E-state index contributed by atoms with van der Waals surface area (Å²) < 4.78 is 2.01. The van der Waals surface area contributed by atoms with Crippen LogP contribution in [0.3, 0.4) is 0 Å². The Morgan fingerprint density at radius 2 is 2.22 bits per heavy atom. The van der Waals surface area contributed by atoms with Crippen molar-refractivity contribution in [1.82, 2.24) is 9.78 Å². The van der Waals surface area contributed by atoms with Crippen LogP contribution in [0, 0.1) is 17.3 Å². The quantitative estimate of drug-likeness (QED) is 0.891. The van der Waals surface area contributed by atoms with Gasteiger partial charge in [-0.1, -0.05) is 13.8 Å². The van der Waals surface area contributed by atoms with Crippen molar-refractivity contribution in [2.24, 2.45) is 23.0 Å². The summed E-state index contributed by atoms with van der Waals surface area (Å²) in [6, 6.07) is 0. The maximum atomic E-state index is 5.95. The molecular formula is C15H27N3. The molecule has 0 amide bonds. The summed E-state index contributed by atoms with van der Waals surface area (Å²) >= 11 is 0. The van der Waals surface area contributed by atoms with Crippen LogP contribution in [0.25, 0.3) is 0 Å². The zero-order valence-corrected chi connectivity index (χ0v) is 12.0. The van der Waals surface area contributed by atoms with Gasteiger partial charge < -0.3 is 5.73 Å². The largest absolute Gasteiger partial charge is 0.330 e. The molecule has 102 valence electrons. The molecule has 1 aliphatic carbocycles. The van der Waals surface area contributed by atoms with Crippen LogP contribution in [-0.4, -0.2) is 16.3 Å². The number of aryl methyl sites for hydroxylation is 1. The Morgan fingerprint density at radius 3 is 2.83 bits per heavy atom. The highest BCUT2D eigenvalue weighted by Crippen LogP contribution is 2.42. The van der Waals surface area contributed by atoms with Crippen LogP contribution in [0.4, 0.5) is 0 Å². The van der Waals surface area contributed by atoms with Gasteiger partial charge in [0.1, 0.15) is 0 Å². The lowest BCUT2D eigenvalue weighted by Crippen LogP contribution is -2.35. The third kappa shape index (κ3) is 3.14. The van der Waals surface area contributed by atoms with Crippen LogP contribution in [0.2, 0.25) is 0 Å². The molecule has 0 radical (unpaired) electrons. The van der Waals surface area contributed by atoms with E-state index in [4.69, 9.17) is 5.73 Å². The normalized spacial score (nSPS) is 27.3. The van der Waals surface area contributed by atoms with E-state index in [1.54, 1.807) is 0 Å². The summed E-state index contributed by atoms with van der Waals surface area (Å²) in [4.78, 5) is 0. The highest BCUT2D eigenvalue weighted by molar-refractivity contribution is 5.06. The molecule has 2 rings (SSSR count). The smallest absolute Gasteiger partial charge is 0.0521 e. The van der Waals surface area contributed by atoms with Crippen LogP contribution in [0.1, 0.15) is 45.6 Å². The lowest BCUT2D eigenvalue weighted by atomic mass is 9.66. The van der Waals surface area contributed by atoms with Crippen molar-refractivity contribution in [3.63, 3.8) is 0 Å². The van der Waals surface area contributed by atoms with Gasteiger partial charge in [0.2, 0.25) is 0 Å². The Labute approximate surface area is 111 Å². The van der Waals surface area contributed by atoms with Crippen LogP contribution in [-0.2, 0) is 13.0 Å². The maximum Gasteiger partial charge on any atom is 0.0521 e. The summed E-state index contributed by atoms with van der Waals surface area (Å²) in [5.74, 6) is 1.43. The monoisotopic (exact) mass is 249 g/mol. The molecule has 1 aromatic rings. The summed E-state index contributed by atoms with van der Waals surface area (Å²) in [7, 11) is 0. The van der Waals surface area contributed by atoms with Gasteiger partial charge in [-0.05, 0) is 62.0 Å². The van der Waals surface area contributed by atoms with Crippen molar-refractivity contribution in [2.75, 3.05) is 6.54 Å². The predicted octanol–water partition coefficient (Wildman–Crippen LogP) is 2.85. The second-order valence-corrected chi connectivity index (χ2v) is 6.57. The summed E-state index contributed by atoms with van der Waals surface area (Å²) in [6.07, 6.45) is 9.26. The molecule has 0 spiro atoms. The van der Waals surface area contributed by atoms with E-state index in [2.05, 4.69) is 32.1 Å². The minimum atomic E-state index is 0.483. The molecule has 2 N–H and O–H groups in total. The van der Waals surface area contributed by atoms with Gasteiger partial charge in [0.15, 0.2) is 0 Å². The average molecular weight is 249 g/mol. The van der Waals surface area contributed by atoms with E-state index in [1.807, 2.05) is 10.9 Å². The topological polar surface area (TPSA) is 43.8 Å². The van der Waals surface area contributed by atoms with E-state index >= 15 is 0 Å². The van der Waals surface area contributed by atoms with Gasteiger partial charge in [0.05, 0.1) is 6.20 Å². The fourth-order valence-corrected chi connectivity index (χ4v) is 3.33. The fourth-order valence-electron chi connectivity index (χ4n) is 3.33. The molecule has 1 saturated carbocycles. The van der Waals surface area contributed by atoms with Gasteiger partial charge in [0.25, 0.3) is 0 Å². The number of nitrogens with two attached hydrogens (primary N) is 1. The molecule has 1 aromatic heterocycles. The molecule has 0 bridgehead atoms. The highest BCUT2D eigenvalue weighted by atomic mass is 15.3. The van der Waals surface area contributed by atoms with Crippen LogP contribution in [0.15, 0.2) is 12.4 Å². The first kappa shape index (κ1) is 13.6. The van der Waals surface area contributed by atoms with Gasteiger partial charge in [-0.2, -0.15) is 5.10 Å². The minimum Gasteiger partial charge on any atom is -0.330 e. The van der Waals surface area contributed by atoms with Crippen molar-refractivity contribution in [3.8, 4) is 0 Å². The molecule has 0 saturated heterocycles. The van der Waals surface area contributed by atoms with Crippen molar-refractivity contribution in [1.29, 1.82) is 0 Å². The zero-order chi connectivity index (χ0) is 13.2. The lowest BCUT2D eigenvalue weighted by molar-refractivity contribution is 0.121. The van der Waals surface area contributed by atoms with Gasteiger partial charge in [-0.3, -0.25) is 4.68 Å². The van der Waals surface area contributed by atoms with Crippen LogP contribution >= 0.6 is 0 Å². The molecular weight excluding hydrogens is 222 g/mol. The van der Waals surface area contributed by atoms with E-state index < -0.39 is 0 Å². The second kappa shape index (κ2) is 5.43. The third-order valence-corrected chi connectivity index (χ3v) is 4.48. The van der Waals surface area contributed by atoms with Gasteiger partial charge in [0, 0.05) is 12.7 Å². The van der Waals surface area contributed by atoms with E-state index in [9.17, 15) is 0 Å². The average Bonchev–Trinajstić information content (AvgIpc) is 2.76. The molecule has 18 heavy (non-hydrogen) atoms. The lowest BCUT2D eigenvalue weighted by Gasteiger charge is -2.40. The number of hydrogen-bond acceptors (Lipinski definition) is 2. The van der Waals surface area contributed by atoms with Gasteiger partial charge in [-0.15, -0.1) is 0 Å². The zero-order valence-electron chi connectivity index (χ0n) is 12.0.